The van der Waals surface area contributed by atoms with Gasteiger partial charge >= 0.3 is 0 Å². The number of para-hydroxylation sites is 1. The van der Waals surface area contributed by atoms with Gasteiger partial charge in [0, 0.05) is 32.5 Å². The largest absolute Gasteiger partial charge is 0.374 e. The zero-order valence-corrected chi connectivity index (χ0v) is 12.1. The Morgan fingerprint density at radius 3 is 2.60 bits per heavy atom. The lowest BCUT2D eigenvalue weighted by atomic mass is 10.3. The zero-order chi connectivity index (χ0) is 14.4. The van der Waals surface area contributed by atoms with Crippen molar-refractivity contribution in [3.8, 4) is 0 Å². The number of anilines is 3. The van der Waals surface area contributed by atoms with Crippen LogP contribution in [0.15, 0.2) is 36.4 Å². The van der Waals surface area contributed by atoms with Gasteiger partial charge in [0.1, 0.15) is 18.2 Å². The van der Waals surface area contributed by atoms with Gasteiger partial charge in [0.2, 0.25) is 0 Å². The molecule has 0 aliphatic rings. The molecule has 5 heteroatoms. The van der Waals surface area contributed by atoms with Gasteiger partial charge in [0.25, 0.3) is 0 Å². The molecule has 0 atom stereocenters. The summed E-state index contributed by atoms with van der Waals surface area (Å²) in [6, 6.07) is 12.0. The number of nitrogens with one attached hydrogen (secondary N) is 1. The van der Waals surface area contributed by atoms with E-state index in [4.69, 9.17) is 4.74 Å². The lowest BCUT2D eigenvalue weighted by Crippen LogP contribution is -2.14. The second-order valence-corrected chi connectivity index (χ2v) is 4.31. The van der Waals surface area contributed by atoms with Gasteiger partial charge in [-0.2, -0.15) is 0 Å². The maximum Gasteiger partial charge on any atom is 0.158 e. The molecule has 0 spiro atoms. The molecule has 1 N–H and O–H groups in total. The molecule has 0 radical (unpaired) electrons. The summed E-state index contributed by atoms with van der Waals surface area (Å²) in [4.78, 5) is 11.0. The van der Waals surface area contributed by atoms with Gasteiger partial charge in [-0.25, -0.2) is 9.97 Å². The molecule has 0 saturated heterocycles. The molecular weight excluding hydrogens is 252 g/mol. The topological polar surface area (TPSA) is 50.3 Å². The lowest BCUT2D eigenvalue weighted by Gasteiger charge is -2.19. The van der Waals surface area contributed by atoms with E-state index in [1.807, 2.05) is 62.3 Å². The van der Waals surface area contributed by atoms with Crippen LogP contribution >= 0.6 is 0 Å². The molecule has 2 aromatic rings. The Bertz CT molecular complexity index is 545. The predicted octanol–water partition coefficient (Wildman–Crippen LogP) is 2.82. The Hall–Kier alpha value is -2.14. The smallest absolute Gasteiger partial charge is 0.158 e. The van der Waals surface area contributed by atoms with Crippen LogP contribution in [0.5, 0.6) is 0 Å². The highest BCUT2D eigenvalue weighted by Gasteiger charge is 2.09. The first-order valence-corrected chi connectivity index (χ1v) is 6.66. The van der Waals surface area contributed by atoms with Crippen molar-refractivity contribution in [2.45, 2.75) is 13.5 Å². The number of hydrogen-bond donors (Lipinski definition) is 1. The Morgan fingerprint density at radius 2 is 1.95 bits per heavy atom. The summed E-state index contributed by atoms with van der Waals surface area (Å²) >= 11 is 0. The first-order valence-electron chi connectivity index (χ1n) is 6.66. The van der Waals surface area contributed by atoms with Crippen LogP contribution in [0, 0.1) is 0 Å². The standard InChI is InChI=1S/C15H20N4O/c1-4-20-11-14-17-13(16-2)10-15(18-14)19(3)12-8-6-5-7-9-12/h5-10H,4,11H2,1-3H3,(H,16,17,18). The van der Waals surface area contributed by atoms with E-state index in [1.54, 1.807) is 0 Å². The van der Waals surface area contributed by atoms with Crippen molar-refractivity contribution < 1.29 is 4.74 Å². The van der Waals surface area contributed by atoms with Crippen LogP contribution in [0.3, 0.4) is 0 Å². The van der Waals surface area contributed by atoms with Gasteiger partial charge in [-0.15, -0.1) is 0 Å². The Kier molecular flexibility index (Phi) is 4.90. The summed E-state index contributed by atoms with van der Waals surface area (Å²) in [6.07, 6.45) is 0. The Labute approximate surface area is 119 Å². The summed E-state index contributed by atoms with van der Waals surface area (Å²) in [5.74, 6) is 2.30. The van der Waals surface area contributed by atoms with Crippen molar-refractivity contribution in [3.63, 3.8) is 0 Å². The minimum Gasteiger partial charge on any atom is -0.374 e. The van der Waals surface area contributed by atoms with Crippen molar-refractivity contribution in [1.29, 1.82) is 0 Å². The van der Waals surface area contributed by atoms with Crippen molar-refractivity contribution in [3.05, 3.63) is 42.2 Å². The van der Waals surface area contributed by atoms with Crippen LogP contribution in [0.4, 0.5) is 17.3 Å². The maximum atomic E-state index is 5.39. The first kappa shape index (κ1) is 14.3. The van der Waals surface area contributed by atoms with E-state index in [1.165, 1.54) is 0 Å². The number of aromatic nitrogens is 2. The van der Waals surface area contributed by atoms with Gasteiger partial charge in [-0.1, -0.05) is 18.2 Å². The van der Waals surface area contributed by atoms with Gasteiger partial charge < -0.3 is 15.0 Å². The number of hydrogen-bond acceptors (Lipinski definition) is 5. The van der Waals surface area contributed by atoms with Crippen molar-refractivity contribution in [1.82, 2.24) is 9.97 Å². The Morgan fingerprint density at radius 1 is 1.20 bits per heavy atom. The minimum absolute atomic E-state index is 0.418. The third-order valence-electron chi connectivity index (χ3n) is 2.94. The molecule has 0 bridgehead atoms. The fourth-order valence-corrected chi connectivity index (χ4v) is 1.82. The number of rotatable bonds is 6. The molecule has 5 nitrogen and oxygen atoms in total. The molecule has 0 fully saturated rings. The molecule has 0 saturated carbocycles. The fourth-order valence-electron chi connectivity index (χ4n) is 1.82. The molecule has 0 amide bonds. The first-order chi connectivity index (χ1) is 9.74. The quantitative estimate of drug-likeness (QED) is 0.876. The van der Waals surface area contributed by atoms with Crippen LogP contribution in [0.1, 0.15) is 12.7 Å². The molecule has 106 valence electrons. The fraction of sp³-hybridized carbons (Fsp3) is 0.333. The van der Waals surface area contributed by atoms with E-state index < -0.39 is 0 Å². The van der Waals surface area contributed by atoms with E-state index in [0.717, 1.165) is 17.3 Å². The monoisotopic (exact) mass is 272 g/mol. The third-order valence-corrected chi connectivity index (χ3v) is 2.94. The number of benzene rings is 1. The average molecular weight is 272 g/mol. The van der Waals surface area contributed by atoms with Gasteiger partial charge in [-0.05, 0) is 19.1 Å². The van der Waals surface area contributed by atoms with Gasteiger partial charge in [0.05, 0.1) is 0 Å². The molecular formula is C15H20N4O. The summed E-state index contributed by atoms with van der Waals surface area (Å²) in [5, 5.41) is 3.06. The second-order valence-electron chi connectivity index (χ2n) is 4.31. The Balaban J connectivity index is 2.30. The summed E-state index contributed by atoms with van der Waals surface area (Å²) < 4.78 is 5.39. The molecule has 0 aliphatic carbocycles. The van der Waals surface area contributed by atoms with Crippen molar-refractivity contribution in [2.75, 3.05) is 30.9 Å². The second kappa shape index (κ2) is 6.86. The average Bonchev–Trinajstić information content (AvgIpc) is 2.52. The zero-order valence-electron chi connectivity index (χ0n) is 12.1. The molecule has 1 aromatic heterocycles. The number of ether oxygens (including phenoxy) is 1. The highest BCUT2D eigenvalue weighted by Crippen LogP contribution is 2.23. The van der Waals surface area contributed by atoms with E-state index in [2.05, 4.69) is 15.3 Å². The SMILES string of the molecule is CCOCc1nc(NC)cc(N(C)c2ccccc2)n1. The van der Waals surface area contributed by atoms with Crippen LogP contribution in [-0.4, -0.2) is 30.7 Å². The molecule has 20 heavy (non-hydrogen) atoms. The highest BCUT2D eigenvalue weighted by atomic mass is 16.5. The molecule has 0 unspecified atom stereocenters. The summed E-state index contributed by atoms with van der Waals surface area (Å²) in [6.45, 7) is 3.03. The number of nitrogens with zero attached hydrogens (tertiary/aromatic N) is 3. The minimum atomic E-state index is 0.418. The van der Waals surface area contributed by atoms with E-state index >= 15 is 0 Å². The molecule has 1 aromatic carbocycles. The third kappa shape index (κ3) is 3.45. The van der Waals surface area contributed by atoms with E-state index in [9.17, 15) is 0 Å². The normalized spacial score (nSPS) is 10.3. The van der Waals surface area contributed by atoms with Gasteiger partial charge in [-0.3, -0.25) is 0 Å². The van der Waals surface area contributed by atoms with Crippen LogP contribution < -0.4 is 10.2 Å². The predicted molar refractivity (Wildman–Crippen MR) is 81.4 cm³/mol. The van der Waals surface area contributed by atoms with Crippen LogP contribution in [-0.2, 0) is 11.3 Å². The molecule has 1 heterocycles. The van der Waals surface area contributed by atoms with Gasteiger partial charge in [0.15, 0.2) is 5.82 Å². The summed E-state index contributed by atoms with van der Waals surface area (Å²) in [5.41, 5.74) is 1.08. The van der Waals surface area contributed by atoms with Crippen molar-refractivity contribution >= 4 is 17.3 Å². The van der Waals surface area contributed by atoms with Crippen molar-refractivity contribution in [2.24, 2.45) is 0 Å². The van der Waals surface area contributed by atoms with E-state index in [0.29, 0.717) is 19.0 Å². The van der Waals surface area contributed by atoms with Crippen LogP contribution in [0.25, 0.3) is 0 Å². The highest BCUT2D eigenvalue weighted by molar-refractivity contribution is 5.61. The summed E-state index contributed by atoms with van der Waals surface area (Å²) in [7, 11) is 3.83. The van der Waals surface area contributed by atoms with Crippen LogP contribution in [0.2, 0.25) is 0 Å². The molecule has 2 rings (SSSR count). The lowest BCUT2D eigenvalue weighted by molar-refractivity contribution is 0.128. The molecule has 0 aliphatic heterocycles. The van der Waals surface area contributed by atoms with E-state index in [-0.39, 0.29) is 0 Å². The maximum absolute atomic E-state index is 5.39.